The van der Waals surface area contributed by atoms with Crippen LogP contribution < -0.4 is 0 Å². The summed E-state index contributed by atoms with van der Waals surface area (Å²) >= 11 is 0. The molecule has 0 aromatic heterocycles. The predicted molar refractivity (Wildman–Crippen MR) is 142 cm³/mol. The van der Waals surface area contributed by atoms with Gasteiger partial charge >= 0.3 is 5.97 Å². The number of benzene rings is 1. The maximum atomic E-state index is 13.5. The molecule has 0 N–H and O–H groups in total. The molecule has 1 aromatic rings. The number of ketones is 1. The van der Waals surface area contributed by atoms with Crippen molar-refractivity contribution in [1.82, 2.24) is 0 Å². The van der Waals surface area contributed by atoms with Crippen molar-refractivity contribution in [3.8, 4) is 0 Å². The lowest BCUT2D eigenvalue weighted by molar-refractivity contribution is -0.147. The van der Waals surface area contributed by atoms with Crippen LogP contribution in [0.4, 0.5) is 0 Å². The van der Waals surface area contributed by atoms with Crippen LogP contribution in [0.5, 0.6) is 0 Å². The molecule has 0 saturated carbocycles. The Morgan fingerprint density at radius 1 is 0.939 bits per heavy atom. The van der Waals surface area contributed by atoms with Crippen LogP contribution in [-0.2, 0) is 14.1 Å². The van der Waals surface area contributed by atoms with E-state index in [1.165, 1.54) is 25.7 Å². The third-order valence-electron chi connectivity index (χ3n) is 5.87. The number of Topliss-reactive ketones (excluding diaryl/α,β-unsaturated/α-hetero) is 1. The molecule has 0 radical (unpaired) electrons. The largest absolute Gasteiger partial charge is 0.465 e. The Morgan fingerprint density at radius 2 is 1.45 bits per heavy atom. The Hall–Kier alpha value is -1.41. The fraction of sp³-hybridized carbons (Fsp3) is 0.714. The summed E-state index contributed by atoms with van der Waals surface area (Å²) in [6, 6.07) is 4.05. The average molecular weight is 481 g/mol. The van der Waals surface area contributed by atoms with Crippen molar-refractivity contribution in [2.24, 2.45) is 17.3 Å². The monoisotopic (exact) mass is 480 g/mol. The van der Waals surface area contributed by atoms with Crippen LogP contribution in [0.3, 0.4) is 0 Å². The van der Waals surface area contributed by atoms with Crippen molar-refractivity contribution in [2.75, 3.05) is 6.61 Å². The number of hydrogen-bond donors (Lipinski definition) is 0. The highest BCUT2D eigenvalue weighted by molar-refractivity contribution is 7.00. The lowest BCUT2D eigenvalue weighted by Gasteiger charge is -2.26. The second-order valence-corrected chi connectivity index (χ2v) is 10.7. The maximum absolute atomic E-state index is 13.5. The summed E-state index contributed by atoms with van der Waals surface area (Å²) < 4.78 is 13.9. The van der Waals surface area contributed by atoms with Gasteiger partial charge in [0.05, 0.1) is 15.7 Å². The number of rotatable bonds is 13. The molecule has 1 rings (SSSR count). The van der Waals surface area contributed by atoms with E-state index >= 15 is 0 Å². The fourth-order valence-electron chi connectivity index (χ4n) is 4.74. The summed E-state index contributed by atoms with van der Waals surface area (Å²) in [5.74, 6) is -0.887. The molecule has 0 amide bonds. The van der Waals surface area contributed by atoms with Crippen LogP contribution in [0.25, 0.3) is 0 Å². The Morgan fingerprint density at radius 3 is 1.97 bits per heavy atom. The number of carbonyl (C=O) groups excluding carboxylic acids is 2. The van der Waals surface area contributed by atoms with Crippen molar-refractivity contribution in [1.29, 1.82) is 0 Å². The summed E-state index contributed by atoms with van der Waals surface area (Å²) in [4.78, 5) is 26.6. The van der Waals surface area contributed by atoms with Crippen molar-refractivity contribution in [3.05, 3.63) is 34.4 Å². The van der Waals surface area contributed by atoms with E-state index < -0.39 is 5.92 Å². The van der Waals surface area contributed by atoms with Crippen molar-refractivity contribution in [3.63, 3.8) is 0 Å². The van der Waals surface area contributed by atoms with Crippen LogP contribution in [0.15, 0.2) is 12.1 Å². The Bertz CT molecular complexity index is 713. The molecule has 4 nitrogen and oxygen atoms in total. The zero-order valence-electron chi connectivity index (χ0n) is 22.5. The van der Waals surface area contributed by atoms with Crippen LogP contribution in [0.1, 0.15) is 113 Å². The summed E-state index contributed by atoms with van der Waals surface area (Å²) in [5.41, 5.74) is 3.87. The lowest BCUT2D eigenvalue weighted by atomic mass is 9.79. The maximum Gasteiger partial charge on any atom is 0.316 e. The molecule has 0 spiro atoms. The first-order valence-electron chi connectivity index (χ1n) is 12.5. The van der Waals surface area contributed by atoms with E-state index in [0.29, 0.717) is 27.7 Å². The molecular formula is C28H49O4P. The standard InChI is InChI=1S/C28H46O3.H3OP/c1-9-10-11-12-13-14-15-31-27(30)24(18-21(3)19-28(6,7)8)26(29)25-22(4)16-20(2)17-23(25)5;1-2/h16-17,21,24H,9-15,18-19H2,1-8H3;2H3. The number of carbonyl (C=O) groups is 2. The van der Waals surface area contributed by atoms with Crippen LogP contribution in [-0.4, -0.2) is 18.4 Å². The van der Waals surface area contributed by atoms with E-state index in [1.807, 2.05) is 32.9 Å². The normalized spacial score (nSPS) is 13.1. The quantitative estimate of drug-likeness (QED) is 0.0953. The van der Waals surface area contributed by atoms with Gasteiger partial charge < -0.3 is 9.30 Å². The van der Waals surface area contributed by atoms with E-state index in [2.05, 4.69) is 34.6 Å². The van der Waals surface area contributed by atoms with Crippen LogP contribution >= 0.6 is 9.12 Å². The van der Waals surface area contributed by atoms with Crippen molar-refractivity contribution >= 4 is 20.9 Å². The van der Waals surface area contributed by atoms with Gasteiger partial charge in [-0.2, -0.15) is 0 Å². The van der Waals surface area contributed by atoms with Gasteiger partial charge in [0.15, 0.2) is 5.78 Å². The molecule has 0 aliphatic heterocycles. The third kappa shape index (κ3) is 12.6. The fourth-order valence-corrected chi connectivity index (χ4v) is 4.74. The molecule has 190 valence electrons. The zero-order valence-corrected chi connectivity index (χ0v) is 23.9. The Balaban J connectivity index is 0.00000497. The van der Waals surface area contributed by atoms with Gasteiger partial charge in [0.1, 0.15) is 5.92 Å². The first-order chi connectivity index (χ1) is 15.5. The SMILES string of the molecule is CCCCCCCCOC(=O)C(CC(C)CC(C)(C)C)C(=O)c1c(C)cc(C)cc1C.O=[PH3]. The van der Waals surface area contributed by atoms with E-state index in [0.717, 1.165) is 36.0 Å². The minimum atomic E-state index is -0.724. The minimum absolute atomic E-state index is 0.0799. The molecule has 0 aliphatic carbocycles. The number of ether oxygens (including phenoxy) is 1. The van der Waals surface area contributed by atoms with Crippen LogP contribution in [0, 0.1) is 38.0 Å². The van der Waals surface area contributed by atoms with Gasteiger partial charge in [-0.15, -0.1) is 0 Å². The predicted octanol–water partition coefficient (Wildman–Crippen LogP) is 7.72. The van der Waals surface area contributed by atoms with E-state index in [-0.39, 0.29) is 23.1 Å². The van der Waals surface area contributed by atoms with Gasteiger partial charge in [0, 0.05) is 5.56 Å². The molecule has 3 unspecified atom stereocenters. The highest BCUT2D eigenvalue weighted by Gasteiger charge is 2.33. The molecular weight excluding hydrogens is 431 g/mol. The summed E-state index contributed by atoms with van der Waals surface area (Å²) in [7, 11) is 0.611. The summed E-state index contributed by atoms with van der Waals surface area (Å²) in [5, 5.41) is 0. The second-order valence-electron chi connectivity index (χ2n) is 10.7. The lowest BCUT2D eigenvalue weighted by Crippen LogP contribution is -2.30. The van der Waals surface area contributed by atoms with Gasteiger partial charge in [-0.25, -0.2) is 0 Å². The Kier molecular flexibility index (Phi) is 15.6. The van der Waals surface area contributed by atoms with Crippen molar-refractivity contribution < 1.29 is 18.9 Å². The molecule has 0 aliphatic rings. The molecule has 3 atom stereocenters. The second kappa shape index (κ2) is 16.3. The summed E-state index contributed by atoms with van der Waals surface area (Å²) in [6.07, 6.45) is 8.35. The van der Waals surface area contributed by atoms with Crippen LogP contribution in [0.2, 0.25) is 0 Å². The number of esters is 1. The molecule has 0 bridgehead atoms. The van der Waals surface area contributed by atoms with E-state index in [1.54, 1.807) is 0 Å². The number of unbranched alkanes of at least 4 members (excludes halogenated alkanes) is 5. The Labute approximate surface area is 204 Å². The first kappa shape index (κ1) is 31.6. The van der Waals surface area contributed by atoms with E-state index in [4.69, 9.17) is 9.30 Å². The van der Waals surface area contributed by atoms with Gasteiger partial charge in [-0.1, -0.05) is 84.4 Å². The number of hydrogen-bond acceptors (Lipinski definition) is 4. The van der Waals surface area contributed by atoms with Gasteiger partial charge in [0.25, 0.3) is 0 Å². The highest BCUT2D eigenvalue weighted by Crippen LogP contribution is 2.31. The first-order valence-corrected chi connectivity index (χ1v) is 13.1. The highest BCUT2D eigenvalue weighted by atomic mass is 31.0. The molecule has 1 aromatic carbocycles. The molecule has 0 saturated heterocycles. The zero-order chi connectivity index (χ0) is 25.6. The minimum Gasteiger partial charge on any atom is -0.465 e. The molecule has 33 heavy (non-hydrogen) atoms. The molecule has 0 fully saturated rings. The number of aryl methyl sites for hydroxylation is 3. The van der Waals surface area contributed by atoms with Gasteiger partial charge in [0.2, 0.25) is 0 Å². The van der Waals surface area contributed by atoms with Gasteiger partial charge in [-0.05, 0) is 62.5 Å². The average Bonchev–Trinajstić information content (AvgIpc) is 2.70. The van der Waals surface area contributed by atoms with E-state index in [9.17, 15) is 9.59 Å². The van der Waals surface area contributed by atoms with Gasteiger partial charge in [-0.3, -0.25) is 9.59 Å². The third-order valence-corrected chi connectivity index (χ3v) is 5.87. The molecule has 5 heteroatoms. The molecule has 0 heterocycles. The van der Waals surface area contributed by atoms with Crippen molar-refractivity contribution in [2.45, 2.75) is 107 Å². The topological polar surface area (TPSA) is 60.4 Å². The summed E-state index contributed by atoms with van der Waals surface area (Å²) in [6.45, 7) is 17.3. The smallest absolute Gasteiger partial charge is 0.316 e.